The molecule has 0 aliphatic carbocycles. The fourth-order valence-corrected chi connectivity index (χ4v) is 4.28. The molecule has 4 heteroatoms. The Hall–Kier alpha value is -1.84. The highest BCUT2D eigenvalue weighted by Gasteiger charge is 2.26. The molecule has 0 aliphatic rings. The van der Waals surface area contributed by atoms with E-state index in [1.165, 1.54) is 0 Å². The summed E-state index contributed by atoms with van der Waals surface area (Å²) in [6.45, 7) is 10.4. The van der Waals surface area contributed by atoms with Crippen LogP contribution in [0.1, 0.15) is 116 Å². The summed E-state index contributed by atoms with van der Waals surface area (Å²) in [4.78, 5) is 24.3. The van der Waals surface area contributed by atoms with E-state index >= 15 is 0 Å². The lowest BCUT2D eigenvalue weighted by molar-refractivity contribution is 0.0694. The van der Waals surface area contributed by atoms with Gasteiger partial charge < -0.3 is 10.2 Å². The summed E-state index contributed by atoms with van der Waals surface area (Å²) < 4.78 is 0. The fourth-order valence-electron chi connectivity index (χ4n) is 4.28. The van der Waals surface area contributed by atoms with Gasteiger partial charge in [-0.25, -0.2) is 9.59 Å². The van der Waals surface area contributed by atoms with Crippen molar-refractivity contribution < 1.29 is 19.8 Å². The molecule has 29 heavy (non-hydrogen) atoms. The van der Waals surface area contributed by atoms with Crippen molar-refractivity contribution in [3.63, 3.8) is 0 Å². The Morgan fingerprint density at radius 2 is 1.38 bits per heavy atom. The number of aromatic carboxylic acids is 2. The van der Waals surface area contributed by atoms with E-state index in [0.717, 1.165) is 68.9 Å². The van der Waals surface area contributed by atoms with Gasteiger partial charge in [0.1, 0.15) is 0 Å². The van der Waals surface area contributed by atoms with Crippen LogP contribution in [0, 0.1) is 18.8 Å². The quantitative estimate of drug-likeness (QED) is 0.353. The van der Waals surface area contributed by atoms with Gasteiger partial charge in [0.05, 0.1) is 11.1 Å². The molecule has 164 valence electrons. The van der Waals surface area contributed by atoms with Crippen molar-refractivity contribution in [1.29, 1.82) is 0 Å². The van der Waals surface area contributed by atoms with E-state index in [2.05, 4.69) is 27.7 Å². The molecule has 1 aromatic rings. The van der Waals surface area contributed by atoms with Gasteiger partial charge >= 0.3 is 11.9 Å². The van der Waals surface area contributed by atoms with E-state index in [1.807, 2.05) is 6.92 Å². The summed E-state index contributed by atoms with van der Waals surface area (Å²) >= 11 is 0. The van der Waals surface area contributed by atoms with E-state index in [4.69, 9.17) is 0 Å². The van der Waals surface area contributed by atoms with Gasteiger partial charge in [0.15, 0.2) is 0 Å². The molecule has 4 nitrogen and oxygen atoms in total. The Labute approximate surface area is 176 Å². The van der Waals surface area contributed by atoms with Crippen LogP contribution in [-0.4, -0.2) is 22.2 Å². The number of carboxylic acids is 2. The van der Waals surface area contributed by atoms with Gasteiger partial charge in [0, 0.05) is 0 Å². The van der Waals surface area contributed by atoms with Crippen molar-refractivity contribution in [3.8, 4) is 0 Å². The minimum Gasteiger partial charge on any atom is -0.478 e. The number of hydrogen-bond donors (Lipinski definition) is 2. The summed E-state index contributed by atoms with van der Waals surface area (Å²) in [5.74, 6) is -1.26. The molecule has 0 fully saturated rings. The van der Waals surface area contributed by atoms with E-state index < -0.39 is 11.9 Å². The number of benzene rings is 1. The SMILES string of the molecule is CCCCC(CC)Cc1cc(C(=O)O)c(CC(CC)CCCC)c(C(=O)O)c1C. The molecule has 1 rings (SSSR count). The lowest BCUT2D eigenvalue weighted by Gasteiger charge is -2.23. The maximum atomic E-state index is 12.2. The van der Waals surface area contributed by atoms with Gasteiger partial charge in [0.25, 0.3) is 0 Å². The van der Waals surface area contributed by atoms with E-state index in [1.54, 1.807) is 6.07 Å². The number of carbonyl (C=O) groups is 2. The van der Waals surface area contributed by atoms with Crippen molar-refractivity contribution in [1.82, 2.24) is 0 Å². The van der Waals surface area contributed by atoms with E-state index in [0.29, 0.717) is 23.8 Å². The molecule has 0 saturated carbocycles. The minimum absolute atomic E-state index is 0.184. The first kappa shape index (κ1) is 25.2. The zero-order chi connectivity index (χ0) is 22.0. The molecule has 2 unspecified atom stereocenters. The van der Waals surface area contributed by atoms with Gasteiger partial charge in [-0.15, -0.1) is 0 Å². The monoisotopic (exact) mass is 404 g/mol. The first-order valence-corrected chi connectivity index (χ1v) is 11.4. The largest absolute Gasteiger partial charge is 0.478 e. The minimum atomic E-state index is -1.02. The summed E-state index contributed by atoms with van der Waals surface area (Å²) in [6.07, 6.45) is 9.74. The van der Waals surface area contributed by atoms with Crippen LogP contribution in [0.4, 0.5) is 0 Å². The van der Waals surface area contributed by atoms with E-state index in [9.17, 15) is 19.8 Å². The van der Waals surface area contributed by atoms with Crippen molar-refractivity contribution >= 4 is 11.9 Å². The molecular formula is C25H40O4. The van der Waals surface area contributed by atoms with Gasteiger partial charge in [-0.3, -0.25) is 0 Å². The average Bonchev–Trinajstić information content (AvgIpc) is 2.68. The van der Waals surface area contributed by atoms with Crippen LogP contribution in [0.3, 0.4) is 0 Å². The molecule has 0 amide bonds. The Morgan fingerprint density at radius 3 is 1.79 bits per heavy atom. The topological polar surface area (TPSA) is 74.6 Å². The predicted octanol–water partition coefficient (Wildman–Crippen LogP) is 6.91. The van der Waals surface area contributed by atoms with Crippen LogP contribution >= 0.6 is 0 Å². The van der Waals surface area contributed by atoms with Crippen LogP contribution in [-0.2, 0) is 12.8 Å². The molecule has 0 bridgehead atoms. The second-order valence-corrected chi connectivity index (χ2v) is 8.41. The lowest BCUT2D eigenvalue weighted by atomic mass is 9.82. The molecular weight excluding hydrogens is 364 g/mol. The van der Waals surface area contributed by atoms with Crippen molar-refractivity contribution in [2.24, 2.45) is 11.8 Å². The average molecular weight is 405 g/mol. The number of unbranched alkanes of at least 4 members (excludes halogenated alkanes) is 2. The molecule has 2 atom stereocenters. The first-order chi connectivity index (χ1) is 13.8. The lowest BCUT2D eigenvalue weighted by Crippen LogP contribution is -2.18. The van der Waals surface area contributed by atoms with Gasteiger partial charge in [-0.05, 0) is 54.4 Å². The molecule has 0 saturated heterocycles. The Kier molecular flexibility index (Phi) is 11.0. The molecule has 2 N–H and O–H groups in total. The van der Waals surface area contributed by atoms with Gasteiger partial charge in [-0.1, -0.05) is 79.1 Å². The molecule has 0 radical (unpaired) electrons. The van der Waals surface area contributed by atoms with Crippen LogP contribution in [0.15, 0.2) is 6.07 Å². The maximum Gasteiger partial charge on any atom is 0.336 e. The number of rotatable bonds is 14. The second-order valence-electron chi connectivity index (χ2n) is 8.41. The van der Waals surface area contributed by atoms with Crippen LogP contribution in [0.2, 0.25) is 0 Å². The zero-order valence-electron chi connectivity index (χ0n) is 19.0. The highest BCUT2D eigenvalue weighted by molar-refractivity contribution is 5.98. The predicted molar refractivity (Wildman–Crippen MR) is 119 cm³/mol. The summed E-state index contributed by atoms with van der Waals surface area (Å²) in [5.41, 5.74) is 2.55. The normalized spacial score (nSPS) is 13.3. The Morgan fingerprint density at radius 1 is 0.862 bits per heavy atom. The standard InChI is InChI=1S/C25H40O4/c1-6-10-12-18(8-3)14-20-16-22(24(26)27)21(23(17(20)5)25(28)29)15-19(9-4)13-11-7-2/h16,18-19H,6-15H2,1-5H3,(H,26,27)(H,28,29). The summed E-state index contributed by atoms with van der Waals surface area (Å²) in [6, 6.07) is 1.76. The van der Waals surface area contributed by atoms with Crippen molar-refractivity contribution in [2.45, 2.75) is 98.8 Å². The van der Waals surface area contributed by atoms with Crippen molar-refractivity contribution in [2.75, 3.05) is 0 Å². The smallest absolute Gasteiger partial charge is 0.336 e. The Bertz CT molecular complexity index is 678. The molecule has 0 aliphatic heterocycles. The summed E-state index contributed by atoms with van der Waals surface area (Å²) in [7, 11) is 0. The highest BCUT2D eigenvalue weighted by atomic mass is 16.4. The third-order valence-electron chi connectivity index (χ3n) is 6.33. The number of carboxylic acid groups (broad SMARTS) is 2. The second kappa shape index (κ2) is 12.7. The van der Waals surface area contributed by atoms with Crippen LogP contribution in [0.5, 0.6) is 0 Å². The van der Waals surface area contributed by atoms with Crippen LogP contribution < -0.4 is 0 Å². The van der Waals surface area contributed by atoms with E-state index in [-0.39, 0.29) is 11.1 Å². The van der Waals surface area contributed by atoms with Crippen molar-refractivity contribution in [3.05, 3.63) is 33.9 Å². The first-order valence-electron chi connectivity index (χ1n) is 11.4. The zero-order valence-corrected chi connectivity index (χ0v) is 19.0. The molecule has 0 aromatic heterocycles. The molecule has 0 heterocycles. The highest BCUT2D eigenvalue weighted by Crippen LogP contribution is 2.31. The molecule has 0 spiro atoms. The van der Waals surface area contributed by atoms with Gasteiger partial charge in [0.2, 0.25) is 0 Å². The third-order valence-corrected chi connectivity index (χ3v) is 6.33. The fraction of sp³-hybridized carbons (Fsp3) is 0.680. The Balaban J connectivity index is 3.43. The molecule has 1 aromatic carbocycles. The summed E-state index contributed by atoms with van der Waals surface area (Å²) in [5, 5.41) is 19.9. The number of hydrogen-bond acceptors (Lipinski definition) is 2. The maximum absolute atomic E-state index is 12.2. The van der Waals surface area contributed by atoms with Gasteiger partial charge in [-0.2, -0.15) is 0 Å². The van der Waals surface area contributed by atoms with Crippen LogP contribution in [0.25, 0.3) is 0 Å². The third kappa shape index (κ3) is 7.17.